The van der Waals surface area contributed by atoms with Gasteiger partial charge in [0.25, 0.3) is 5.91 Å². The third kappa shape index (κ3) is 4.06. The molecule has 1 spiro atoms. The molecule has 0 radical (unpaired) electrons. The first-order valence-corrected chi connectivity index (χ1v) is 9.67. The second-order valence-corrected chi connectivity index (χ2v) is 7.72. The maximum absolute atomic E-state index is 12.6. The Morgan fingerprint density at radius 2 is 2.22 bits per heavy atom. The fourth-order valence-corrected chi connectivity index (χ4v) is 4.14. The quantitative estimate of drug-likeness (QED) is 0.735. The number of carbonyl (C=O) groups excluding carboxylic acids is 1. The van der Waals surface area contributed by atoms with Gasteiger partial charge in [-0.3, -0.25) is 9.78 Å². The average Bonchev–Trinajstić information content (AvgIpc) is 3.10. The van der Waals surface area contributed by atoms with E-state index in [4.69, 9.17) is 9.47 Å². The Kier molecular flexibility index (Phi) is 5.27. The lowest BCUT2D eigenvalue weighted by molar-refractivity contribution is -0.167. The molecule has 6 heteroatoms. The third-order valence-electron chi connectivity index (χ3n) is 5.65. The summed E-state index contributed by atoms with van der Waals surface area (Å²) in [4.78, 5) is 18.8. The molecule has 2 aromatic heterocycles. The van der Waals surface area contributed by atoms with Crippen LogP contribution in [0, 0.1) is 5.92 Å². The number of pyridine rings is 1. The van der Waals surface area contributed by atoms with Crippen molar-refractivity contribution in [3.05, 3.63) is 54.1 Å². The highest BCUT2D eigenvalue weighted by Crippen LogP contribution is 2.38. The van der Waals surface area contributed by atoms with Crippen molar-refractivity contribution in [3.8, 4) is 0 Å². The topological polar surface area (TPSA) is 56.6 Å². The van der Waals surface area contributed by atoms with Crippen molar-refractivity contribution in [1.82, 2.24) is 14.5 Å². The number of nitrogens with zero attached hydrogens (tertiary/aromatic N) is 3. The van der Waals surface area contributed by atoms with Crippen molar-refractivity contribution in [2.24, 2.45) is 13.0 Å². The Labute approximate surface area is 160 Å². The normalized spacial score (nSPS) is 21.2. The summed E-state index contributed by atoms with van der Waals surface area (Å²) >= 11 is 0. The molecule has 1 unspecified atom stereocenters. The number of likely N-dealkylation sites (tertiary alicyclic amines) is 1. The van der Waals surface area contributed by atoms with Gasteiger partial charge in [0.15, 0.2) is 0 Å². The highest BCUT2D eigenvalue weighted by Gasteiger charge is 2.49. The summed E-state index contributed by atoms with van der Waals surface area (Å²) in [7, 11) is 1.90. The van der Waals surface area contributed by atoms with Gasteiger partial charge in [-0.2, -0.15) is 0 Å². The van der Waals surface area contributed by atoms with Crippen molar-refractivity contribution >= 4 is 5.91 Å². The van der Waals surface area contributed by atoms with Gasteiger partial charge < -0.3 is 18.9 Å². The molecule has 2 aromatic rings. The molecule has 144 valence electrons. The molecule has 27 heavy (non-hydrogen) atoms. The molecule has 4 rings (SSSR count). The summed E-state index contributed by atoms with van der Waals surface area (Å²) in [6, 6.07) is 9.65. The second-order valence-electron chi connectivity index (χ2n) is 7.72. The molecule has 1 amide bonds. The molecule has 1 atom stereocenters. The van der Waals surface area contributed by atoms with Gasteiger partial charge in [-0.15, -0.1) is 0 Å². The van der Waals surface area contributed by atoms with Gasteiger partial charge in [0, 0.05) is 32.7 Å². The SMILES string of the molecule is Cn1cccc1C(=O)N1CC2(CC(CCOCc3ccccn3)CCO2)C1. The van der Waals surface area contributed by atoms with E-state index in [-0.39, 0.29) is 11.5 Å². The van der Waals surface area contributed by atoms with Crippen molar-refractivity contribution < 1.29 is 14.3 Å². The zero-order valence-corrected chi connectivity index (χ0v) is 15.8. The summed E-state index contributed by atoms with van der Waals surface area (Å²) < 4.78 is 13.7. The number of hydrogen-bond donors (Lipinski definition) is 0. The van der Waals surface area contributed by atoms with Crippen LogP contribution in [0.15, 0.2) is 42.7 Å². The van der Waals surface area contributed by atoms with Crippen molar-refractivity contribution in [2.75, 3.05) is 26.3 Å². The molecule has 0 aromatic carbocycles. The second kappa shape index (κ2) is 7.82. The van der Waals surface area contributed by atoms with Gasteiger partial charge in [-0.05, 0) is 49.4 Å². The summed E-state index contributed by atoms with van der Waals surface area (Å²) in [6.07, 6.45) is 6.81. The average molecular weight is 369 g/mol. The minimum Gasteiger partial charge on any atom is -0.375 e. The number of amides is 1. The predicted molar refractivity (Wildman–Crippen MR) is 101 cm³/mol. The monoisotopic (exact) mass is 369 g/mol. The van der Waals surface area contributed by atoms with E-state index in [0.29, 0.717) is 25.6 Å². The molecule has 0 bridgehead atoms. The van der Waals surface area contributed by atoms with E-state index in [1.54, 1.807) is 6.20 Å². The van der Waals surface area contributed by atoms with Crippen LogP contribution in [-0.2, 0) is 23.1 Å². The van der Waals surface area contributed by atoms with E-state index >= 15 is 0 Å². The summed E-state index contributed by atoms with van der Waals surface area (Å²) in [6.45, 7) is 3.47. The van der Waals surface area contributed by atoms with E-state index in [1.807, 2.05) is 53.0 Å². The third-order valence-corrected chi connectivity index (χ3v) is 5.65. The summed E-state index contributed by atoms with van der Waals surface area (Å²) in [5.41, 5.74) is 1.56. The van der Waals surface area contributed by atoms with Crippen LogP contribution in [0.5, 0.6) is 0 Å². The number of ether oxygens (including phenoxy) is 2. The fraction of sp³-hybridized carbons (Fsp3) is 0.524. The number of rotatable bonds is 6. The van der Waals surface area contributed by atoms with Crippen molar-refractivity contribution in [1.29, 1.82) is 0 Å². The first-order valence-electron chi connectivity index (χ1n) is 9.67. The molecule has 2 aliphatic rings. The molecule has 0 aliphatic carbocycles. The van der Waals surface area contributed by atoms with Crippen LogP contribution in [0.2, 0.25) is 0 Å². The van der Waals surface area contributed by atoms with Crippen LogP contribution in [0.1, 0.15) is 35.4 Å². The number of carbonyl (C=O) groups is 1. The predicted octanol–water partition coefficient (Wildman–Crippen LogP) is 2.65. The molecule has 2 saturated heterocycles. The molecule has 2 aliphatic heterocycles. The Morgan fingerprint density at radius 1 is 1.33 bits per heavy atom. The van der Waals surface area contributed by atoms with E-state index in [9.17, 15) is 4.79 Å². The molecular formula is C21H27N3O3. The molecule has 0 saturated carbocycles. The lowest BCUT2D eigenvalue weighted by Crippen LogP contribution is -2.66. The molecule has 4 heterocycles. The highest BCUT2D eigenvalue weighted by molar-refractivity contribution is 5.93. The van der Waals surface area contributed by atoms with Gasteiger partial charge in [0.2, 0.25) is 0 Å². The van der Waals surface area contributed by atoms with Crippen molar-refractivity contribution in [2.45, 2.75) is 31.5 Å². The first-order chi connectivity index (χ1) is 13.2. The maximum Gasteiger partial charge on any atom is 0.270 e. The van der Waals surface area contributed by atoms with E-state index in [2.05, 4.69) is 4.98 Å². The highest BCUT2D eigenvalue weighted by atomic mass is 16.5. The van der Waals surface area contributed by atoms with Crippen LogP contribution >= 0.6 is 0 Å². The number of aryl methyl sites for hydroxylation is 1. The first kappa shape index (κ1) is 18.2. The lowest BCUT2D eigenvalue weighted by Gasteiger charge is -2.53. The van der Waals surface area contributed by atoms with Crippen LogP contribution in [0.25, 0.3) is 0 Å². The maximum atomic E-state index is 12.6. The smallest absolute Gasteiger partial charge is 0.270 e. The minimum absolute atomic E-state index is 0.0949. The Bertz CT molecular complexity index is 768. The number of aromatic nitrogens is 2. The van der Waals surface area contributed by atoms with E-state index in [1.165, 1.54) is 0 Å². The van der Waals surface area contributed by atoms with Gasteiger partial charge in [-0.1, -0.05) is 6.07 Å². The lowest BCUT2D eigenvalue weighted by atomic mass is 9.79. The van der Waals surface area contributed by atoms with E-state index in [0.717, 1.165) is 43.9 Å². The number of hydrogen-bond acceptors (Lipinski definition) is 4. The van der Waals surface area contributed by atoms with E-state index < -0.39 is 0 Å². The van der Waals surface area contributed by atoms with Crippen LogP contribution in [0.4, 0.5) is 0 Å². The fourth-order valence-electron chi connectivity index (χ4n) is 4.14. The van der Waals surface area contributed by atoms with Gasteiger partial charge in [0.1, 0.15) is 11.3 Å². The summed E-state index contributed by atoms with van der Waals surface area (Å²) in [5.74, 6) is 0.687. The molecule has 2 fully saturated rings. The van der Waals surface area contributed by atoms with Crippen LogP contribution in [-0.4, -0.2) is 52.3 Å². The van der Waals surface area contributed by atoms with Crippen LogP contribution < -0.4 is 0 Å². The molecule has 6 nitrogen and oxygen atoms in total. The largest absolute Gasteiger partial charge is 0.375 e. The summed E-state index contributed by atoms with van der Waals surface area (Å²) in [5, 5.41) is 0. The van der Waals surface area contributed by atoms with Crippen LogP contribution in [0.3, 0.4) is 0 Å². The van der Waals surface area contributed by atoms with Gasteiger partial charge >= 0.3 is 0 Å². The Balaban J connectivity index is 1.22. The Morgan fingerprint density at radius 3 is 2.96 bits per heavy atom. The molecule has 0 N–H and O–H groups in total. The zero-order valence-electron chi connectivity index (χ0n) is 15.8. The zero-order chi connectivity index (χ0) is 18.7. The van der Waals surface area contributed by atoms with Gasteiger partial charge in [-0.25, -0.2) is 0 Å². The standard InChI is InChI=1S/C21H27N3O3/c1-23-10-4-6-19(23)20(25)24-15-21(16-24)13-17(8-12-27-21)7-11-26-14-18-5-2-3-9-22-18/h2-6,9-10,17H,7-8,11-16H2,1H3. The van der Waals surface area contributed by atoms with Gasteiger partial charge in [0.05, 0.1) is 25.4 Å². The minimum atomic E-state index is -0.148. The molecular weight excluding hydrogens is 342 g/mol. The Hall–Kier alpha value is -2.18. The van der Waals surface area contributed by atoms with Crippen molar-refractivity contribution in [3.63, 3.8) is 0 Å².